The second kappa shape index (κ2) is 5.52. The van der Waals surface area contributed by atoms with E-state index in [9.17, 15) is 4.79 Å². The molecule has 1 amide bonds. The normalized spacial score (nSPS) is 19.8. The first-order valence-corrected chi connectivity index (χ1v) is 6.48. The Bertz CT molecular complexity index is 413. The van der Waals surface area contributed by atoms with Gasteiger partial charge in [0.15, 0.2) is 0 Å². The highest BCUT2D eigenvalue weighted by molar-refractivity contribution is 5.76. The number of amides is 1. The van der Waals surface area contributed by atoms with Crippen molar-refractivity contribution >= 4 is 5.91 Å². The van der Waals surface area contributed by atoms with Gasteiger partial charge in [0.25, 0.3) is 0 Å². The third-order valence-corrected chi connectivity index (χ3v) is 3.73. The van der Waals surface area contributed by atoms with Gasteiger partial charge in [0.1, 0.15) is 5.82 Å². The molecule has 5 nitrogen and oxygen atoms in total. The van der Waals surface area contributed by atoms with Crippen molar-refractivity contribution < 1.29 is 4.79 Å². The second-order valence-corrected chi connectivity index (χ2v) is 5.20. The summed E-state index contributed by atoms with van der Waals surface area (Å²) in [5.41, 5.74) is 0. The zero-order valence-electron chi connectivity index (χ0n) is 11.5. The first-order chi connectivity index (χ1) is 8.58. The number of carbonyl (C=O) groups excluding carboxylic acids is 1. The Hall–Kier alpha value is -1.36. The van der Waals surface area contributed by atoms with Gasteiger partial charge < -0.3 is 14.4 Å². The minimum absolute atomic E-state index is 0.252. The molecule has 1 unspecified atom stereocenters. The predicted molar refractivity (Wildman–Crippen MR) is 70.2 cm³/mol. The summed E-state index contributed by atoms with van der Waals surface area (Å²) in [6.45, 7) is 1.76. The SMILES string of the molecule is CN(C)C1CCN(C(=O)CCc2nccn2C)C1. The minimum Gasteiger partial charge on any atom is -0.341 e. The topological polar surface area (TPSA) is 41.4 Å². The van der Waals surface area contributed by atoms with Crippen molar-refractivity contribution in [3.63, 3.8) is 0 Å². The van der Waals surface area contributed by atoms with Gasteiger partial charge in [0, 0.05) is 51.4 Å². The van der Waals surface area contributed by atoms with Crippen LogP contribution in [-0.2, 0) is 18.3 Å². The van der Waals surface area contributed by atoms with Crippen LogP contribution in [0.1, 0.15) is 18.7 Å². The van der Waals surface area contributed by atoms with Crippen molar-refractivity contribution in [2.24, 2.45) is 7.05 Å². The quantitative estimate of drug-likeness (QED) is 0.782. The zero-order chi connectivity index (χ0) is 13.1. The van der Waals surface area contributed by atoms with Gasteiger partial charge in [-0.15, -0.1) is 0 Å². The molecule has 2 rings (SSSR count). The molecule has 0 N–H and O–H groups in total. The molecular formula is C13H22N4O. The number of nitrogens with zero attached hydrogens (tertiary/aromatic N) is 4. The number of rotatable bonds is 4. The van der Waals surface area contributed by atoms with Crippen LogP contribution in [0.3, 0.4) is 0 Å². The zero-order valence-corrected chi connectivity index (χ0v) is 11.5. The molecule has 1 aliphatic heterocycles. The molecule has 0 radical (unpaired) electrons. The molecular weight excluding hydrogens is 228 g/mol. The fourth-order valence-corrected chi connectivity index (χ4v) is 2.40. The van der Waals surface area contributed by atoms with Crippen molar-refractivity contribution in [3.8, 4) is 0 Å². The van der Waals surface area contributed by atoms with Gasteiger partial charge in [-0.25, -0.2) is 4.98 Å². The molecule has 1 saturated heterocycles. The molecule has 0 aliphatic carbocycles. The Labute approximate surface area is 108 Å². The third kappa shape index (κ3) is 2.90. The highest BCUT2D eigenvalue weighted by Gasteiger charge is 2.27. The lowest BCUT2D eigenvalue weighted by molar-refractivity contribution is -0.130. The number of likely N-dealkylation sites (tertiary alicyclic amines) is 1. The summed E-state index contributed by atoms with van der Waals surface area (Å²) in [6, 6.07) is 0.516. The van der Waals surface area contributed by atoms with Crippen LogP contribution in [0.4, 0.5) is 0 Å². The third-order valence-electron chi connectivity index (χ3n) is 3.73. The van der Waals surface area contributed by atoms with Crippen molar-refractivity contribution in [1.29, 1.82) is 0 Å². The van der Waals surface area contributed by atoms with E-state index < -0.39 is 0 Å². The number of aromatic nitrogens is 2. The predicted octanol–water partition coefficient (Wildman–Crippen LogP) is 0.515. The molecule has 0 spiro atoms. The summed E-state index contributed by atoms with van der Waals surface area (Å²) in [5, 5.41) is 0. The monoisotopic (exact) mass is 250 g/mol. The van der Waals surface area contributed by atoms with Gasteiger partial charge in [-0.05, 0) is 20.5 Å². The van der Waals surface area contributed by atoms with Crippen LogP contribution < -0.4 is 0 Å². The van der Waals surface area contributed by atoms with Crippen molar-refractivity contribution in [3.05, 3.63) is 18.2 Å². The number of hydrogen-bond acceptors (Lipinski definition) is 3. The summed E-state index contributed by atoms with van der Waals surface area (Å²) in [7, 11) is 6.11. The maximum absolute atomic E-state index is 12.1. The van der Waals surface area contributed by atoms with E-state index in [1.807, 2.05) is 22.7 Å². The van der Waals surface area contributed by atoms with Gasteiger partial charge in [0.2, 0.25) is 5.91 Å². The Morgan fingerprint density at radius 1 is 1.56 bits per heavy atom. The average Bonchev–Trinajstić information content (AvgIpc) is 2.94. The minimum atomic E-state index is 0.252. The van der Waals surface area contributed by atoms with Crippen molar-refractivity contribution in [2.45, 2.75) is 25.3 Å². The average molecular weight is 250 g/mol. The smallest absolute Gasteiger partial charge is 0.223 e. The Morgan fingerprint density at radius 2 is 2.33 bits per heavy atom. The summed E-state index contributed by atoms with van der Waals surface area (Å²) < 4.78 is 1.97. The van der Waals surface area contributed by atoms with Crippen LogP contribution in [0.2, 0.25) is 0 Å². The Morgan fingerprint density at radius 3 is 2.89 bits per heavy atom. The molecule has 2 heterocycles. The van der Waals surface area contributed by atoms with E-state index in [-0.39, 0.29) is 5.91 Å². The molecule has 1 atom stereocenters. The highest BCUT2D eigenvalue weighted by atomic mass is 16.2. The highest BCUT2D eigenvalue weighted by Crippen LogP contribution is 2.14. The number of imidazole rings is 1. The van der Waals surface area contributed by atoms with Crippen molar-refractivity contribution in [1.82, 2.24) is 19.4 Å². The second-order valence-electron chi connectivity index (χ2n) is 5.20. The molecule has 0 saturated carbocycles. The van der Waals surface area contributed by atoms with Gasteiger partial charge in [0.05, 0.1) is 0 Å². The maximum atomic E-state index is 12.1. The van der Waals surface area contributed by atoms with Gasteiger partial charge >= 0.3 is 0 Å². The Kier molecular flexibility index (Phi) is 4.01. The molecule has 1 aliphatic rings. The van der Waals surface area contributed by atoms with Crippen LogP contribution in [0.5, 0.6) is 0 Å². The molecule has 0 bridgehead atoms. The van der Waals surface area contributed by atoms with Crippen LogP contribution in [-0.4, -0.2) is 58.5 Å². The number of aryl methyl sites for hydroxylation is 2. The van der Waals surface area contributed by atoms with E-state index in [1.54, 1.807) is 6.20 Å². The first-order valence-electron chi connectivity index (χ1n) is 6.48. The van der Waals surface area contributed by atoms with Crippen LogP contribution >= 0.6 is 0 Å². The maximum Gasteiger partial charge on any atom is 0.223 e. The van der Waals surface area contributed by atoms with Crippen LogP contribution in [0, 0.1) is 0 Å². The standard InChI is InChI=1S/C13H22N4O/c1-15(2)11-6-8-17(10-11)13(18)5-4-12-14-7-9-16(12)3/h7,9,11H,4-6,8,10H2,1-3H3. The largest absolute Gasteiger partial charge is 0.341 e. The summed E-state index contributed by atoms with van der Waals surface area (Å²) in [4.78, 5) is 20.5. The fourth-order valence-electron chi connectivity index (χ4n) is 2.40. The number of carbonyl (C=O) groups is 1. The van der Waals surface area contributed by atoms with Crippen LogP contribution in [0.25, 0.3) is 0 Å². The molecule has 18 heavy (non-hydrogen) atoms. The van der Waals surface area contributed by atoms with Crippen LogP contribution in [0.15, 0.2) is 12.4 Å². The van der Waals surface area contributed by atoms with E-state index in [0.717, 1.165) is 31.8 Å². The number of likely N-dealkylation sites (N-methyl/N-ethyl adjacent to an activating group) is 1. The molecule has 1 aromatic heterocycles. The molecule has 0 aromatic carbocycles. The molecule has 1 aromatic rings. The van der Waals surface area contributed by atoms with E-state index in [1.165, 1.54) is 0 Å². The van der Waals surface area contributed by atoms with E-state index in [4.69, 9.17) is 0 Å². The summed E-state index contributed by atoms with van der Waals surface area (Å²) in [5.74, 6) is 1.23. The number of hydrogen-bond donors (Lipinski definition) is 0. The summed E-state index contributed by atoms with van der Waals surface area (Å²) in [6.07, 6.45) is 6.06. The Balaban J connectivity index is 1.81. The molecule has 100 valence electrons. The first kappa shape index (κ1) is 13.1. The van der Waals surface area contributed by atoms with E-state index in [2.05, 4.69) is 24.0 Å². The lowest BCUT2D eigenvalue weighted by atomic mass is 10.2. The lowest BCUT2D eigenvalue weighted by Gasteiger charge is -2.20. The van der Waals surface area contributed by atoms with E-state index >= 15 is 0 Å². The summed E-state index contributed by atoms with van der Waals surface area (Å²) >= 11 is 0. The van der Waals surface area contributed by atoms with Crippen molar-refractivity contribution in [2.75, 3.05) is 27.2 Å². The lowest BCUT2D eigenvalue weighted by Crippen LogP contribution is -2.34. The fraction of sp³-hybridized carbons (Fsp3) is 0.692. The molecule has 5 heteroatoms. The van der Waals surface area contributed by atoms with Gasteiger partial charge in [-0.2, -0.15) is 0 Å². The van der Waals surface area contributed by atoms with E-state index in [0.29, 0.717) is 12.5 Å². The van der Waals surface area contributed by atoms with Gasteiger partial charge in [-0.1, -0.05) is 0 Å². The molecule has 1 fully saturated rings. The van der Waals surface area contributed by atoms with Gasteiger partial charge in [-0.3, -0.25) is 4.79 Å².